The van der Waals surface area contributed by atoms with E-state index < -0.39 is 12.7 Å². The molecular weight excluding hydrogens is 397 g/mol. The molecule has 0 saturated carbocycles. The van der Waals surface area contributed by atoms with Crippen molar-refractivity contribution in [3.05, 3.63) is 0 Å². The van der Waals surface area contributed by atoms with Crippen LogP contribution in [0.4, 0.5) is 13.2 Å². The minimum Gasteiger partial charge on any atom is -0.342 e. The molecule has 0 aromatic heterocycles. The Kier molecular flexibility index (Phi) is 8.39. The van der Waals surface area contributed by atoms with Crippen molar-refractivity contribution in [3.8, 4) is 0 Å². The van der Waals surface area contributed by atoms with Gasteiger partial charge in [-0.3, -0.25) is 19.4 Å². The highest BCUT2D eigenvalue weighted by Gasteiger charge is 2.33. The lowest BCUT2D eigenvalue weighted by Crippen LogP contribution is -2.47. The fourth-order valence-electron chi connectivity index (χ4n) is 4.81. The Morgan fingerprint density at radius 3 is 1.93 bits per heavy atom. The van der Waals surface area contributed by atoms with E-state index in [0.717, 1.165) is 25.9 Å². The van der Waals surface area contributed by atoms with Crippen LogP contribution in [-0.2, 0) is 9.59 Å². The van der Waals surface area contributed by atoms with Crippen molar-refractivity contribution >= 4 is 11.8 Å². The minimum atomic E-state index is -4.18. The van der Waals surface area contributed by atoms with Crippen molar-refractivity contribution < 1.29 is 22.8 Å². The molecule has 0 spiro atoms. The fourth-order valence-corrected chi connectivity index (χ4v) is 4.81. The average Bonchev–Trinajstić information content (AvgIpc) is 3.10. The first kappa shape index (κ1) is 23.3. The molecule has 0 aliphatic carbocycles. The summed E-state index contributed by atoms with van der Waals surface area (Å²) < 4.78 is 37.8. The van der Waals surface area contributed by atoms with Gasteiger partial charge >= 0.3 is 6.18 Å². The number of amides is 2. The van der Waals surface area contributed by atoms with Crippen LogP contribution in [0.15, 0.2) is 0 Å². The van der Waals surface area contributed by atoms with Crippen molar-refractivity contribution in [2.45, 2.75) is 51.1 Å². The predicted octanol–water partition coefficient (Wildman–Crippen LogP) is 2.20. The maximum Gasteiger partial charge on any atom is 0.401 e. The van der Waals surface area contributed by atoms with E-state index in [1.807, 2.05) is 14.7 Å². The molecule has 0 atom stereocenters. The Hall–Kier alpha value is -1.35. The highest BCUT2D eigenvalue weighted by Crippen LogP contribution is 2.22. The molecule has 3 fully saturated rings. The number of hydrogen-bond donors (Lipinski definition) is 0. The third-order valence-electron chi connectivity index (χ3n) is 6.56. The molecule has 3 rings (SSSR count). The van der Waals surface area contributed by atoms with Gasteiger partial charge in [-0.2, -0.15) is 13.2 Å². The van der Waals surface area contributed by atoms with Gasteiger partial charge in [-0.05, 0) is 45.2 Å². The Morgan fingerprint density at radius 1 is 0.700 bits per heavy atom. The maximum absolute atomic E-state index is 12.8. The van der Waals surface area contributed by atoms with E-state index in [-0.39, 0.29) is 24.3 Å². The first-order valence-corrected chi connectivity index (χ1v) is 11.4. The Labute approximate surface area is 177 Å². The van der Waals surface area contributed by atoms with Crippen molar-refractivity contribution in [1.82, 2.24) is 19.6 Å². The Bertz CT molecular complexity index is 571. The molecule has 0 unspecified atom stereocenters. The topological polar surface area (TPSA) is 47.1 Å². The quantitative estimate of drug-likeness (QED) is 0.684. The van der Waals surface area contributed by atoms with Crippen LogP contribution in [0.1, 0.15) is 44.9 Å². The van der Waals surface area contributed by atoms with Crippen LogP contribution < -0.4 is 0 Å². The van der Waals surface area contributed by atoms with Gasteiger partial charge in [-0.25, -0.2) is 0 Å². The van der Waals surface area contributed by atoms with Crippen molar-refractivity contribution in [1.29, 1.82) is 0 Å². The normalized spacial score (nSPS) is 23.8. The predicted molar refractivity (Wildman–Crippen MR) is 108 cm³/mol. The lowest BCUT2D eigenvalue weighted by atomic mass is 9.95. The molecule has 9 heteroatoms. The number of carbonyl (C=O) groups excluding carboxylic acids is 2. The maximum atomic E-state index is 12.8. The lowest BCUT2D eigenvalue weighted by molar-refractivity contribution is -0.145. The van der Waals surface area contributed by atoms with E-state index in [9.17, 15) is 22.8 Å². The first-order valence-electron chi connectivity index (χ1n) is 11.4. The Balaban J connectivity index is 1.40. The van der Waals surface area contributed by atoms with Crippen LogP contribution in [0.2, 0.25) is 0 Å². The van der Waals surface area contributed by atoms with Crippen LogP contribution in [0, 0.1) is 5.92 Å². The van der Waals surface area contributed by atoms with Crippen LogP contribution in [0.25, 0.3) is 0 Å². The third kappa shape index (κ3) is 7.11. The SMILES string of the molecule is O=C(CN1CCCN(CC(F)(F)F)CC1)N1CCC(C(=O)N2CCCCCC2)CC1. The average molecular weight is 433 g/mol. The number of likely N-dealkylation sites (tertiary alicyclic amines) is 2. The molecule has 0 N–H and O–H groups in total. The lowest BCUT2D eigenvalue weighted by Gasteiger charge is -2.35. The summed E-state index contributed by atoms with van der Waals surface area (Å²) in [7, 11) is 0. The number of carbonyl (C=O) groups is 2. The smallest absolute Gasteiger partial charge is 0.342 e. The molecular formula is C21H35F3N4O2. The molecule has 3 heterocycles. The molecule has 6 nitrogen and oxygen atoms in total. The summed E-state index contributed by atoms with van der Waals surface area (Å²) in [6.45, 7) is 4.14. The van der Waals surface area contributed by atoms with Crippen molar-refractivity contribution in [3.63, 3.8) is 0 Å². The molecule has 3 aliphatic heterocycles. The second-order valence-corrected chi connectivity index (χ2v) is 8.92. The summed E-state index contributed by atoms with van der Waals surface area (Å²) in [6.07, 6.45) is 2.43. The summed E-state index contributed by atoms with van der Waals surface area (Å²) in [5, 5.41) is 0. The van der Waals surface area contributed by atoms with Gasteiger partial charge in [0.1, 0.15) is 0 Å². The summed E-state index contributed by atoms with van der Waals surface area (Å²) >= 11 is 0. The second kappa shape index (κ2) is 10.8. The molecule has 0 aromatic carbocycles. The van der Waals surface area contributed by atoms with Crippen LogP contribution in [0.3, 0.4) is 0 Å². The summed E-state index contributed by atoms with van der Waals surface area (Å²) in [5.41, 5.74) is 0. The first-order chi connectivity index (χ1) is 14.3. The van der Waals surface area contributed by atoms with E-state index in [1.54, 1.807) is 0 Å². The van der Waals surface area contributed by atoms with Gasteiger partial charge in [0.15, 0.2) is 0 Å². The van der Waals surface area contributed by atoms with Crippen LogP contribution in [-0.4, -0.2) is 103 Å². The largest absolute Gasteiger partial charge is 0.401 e. The van der Waals surface area contributed by atoms with Gasteiger partial charge in [-0.1, -0.05) is 12.8 Å². The van der Waals surface area contributed by atoms with E-state index in [0.29, 0.717) is 58.5 Å². The number of piperidine rings is 1. The van der Waals surface area contributed by atoms with Gasteiger partial charge in [0.2, 0.25) is 11.8 Å². The number of alkyl halides is 3. The number of halogens is 3. The third-order valence-corrected chi connectivity index (χ3v) is 6.56. The summed E-state index contributed by atoms with van der Waals surface area (Å²) in [5.74, 6) is 0.294. The number of nitrogens with zero attached hydrogens (tertiary/aromatic N) is 4. The number of rotatable bonds is 4. The molecule has 0 bridgehead atoms. The van der Waals surface area contributed by atoms with Gasteiger partial charge in [-0.15, -0.1) is 0 Å². The molecule has 0 aromatic rings. The summed E-state index contributed by atoms with van der Waals surface area (Å²) in [4.78, 5) is 32.7. The van der Waals surface area contributed by atoms with Gasteiger partial charge in [0.05, 0.1) is 13.1 Å². The zero-order valence-electron chi connectivity index (χ0n) is 17.8. The molecule has 2 amide bonds. The van der Waals surface area contributed by atoms with E-state index in [2.05, 4.69) is 0 Å². The highest BCUT2D eigenvalue weighted by atomic mass is 19.4. The van der Waals surface area contributed by atoms with E-state index in [4.69, 9.17) is 0 Å². The molecule has 3 aliphatic rings. The Morgan fingerprint density at radius 2 is 1.30 bits per heavy atom. The van der Waals surface area contributed by atoms with E-state index >= 15 is 0 Å². The monoisotopic (exact) mass is 432 g/mol. The molecule has 3 saturated heterocycles. The van der Waals surface area contributed by atoms with E-state index in [1.165, 1.54) is 17.7 Å². The highest BCUT2D eigenvalue weighted by molar-refractivity contribution is 5.81. The minimum absolute atomic E-state index is 0.0151. The van der Waals surface area contributed by atoms with Gasteiger partial charge in [0.25, 0.3) is 0 Å². The number of hydrogen-bond acceptors (Lipinski definition) is 4. The second-order valence-electron chi connectivity index (χ2n) is 8.92. The van der Waals surface area contributed by atoms with Crippen LogP contribution in [0.5, 0.6) is 0 Å². The van der Waals surface area contributed by atoms with Crippen LogP contribution >= 0.6 is 0 Å². The fraction of sp³-hybridized carbons (Fsp3) is 0.905. The summed E-state index contributed by atoms with van der Waals surface area (Å²) in [6, 6.07) is 0. The van der Waals surface area contributed by atoms with Gasteiger partial charge < -0.3 is 9.80 Å². The molecule has 30 heavy (non-hydrogen) atoms. The zero-order valence-corrected chi connectivity index (χ0v) is 17.8. The van der Waals surface area contributed by atoms with Crippen molar-refractivity contribution in [2.75, 3.05) is 65.4 Å². The van der Waals surface area contributed by atoms with Gasteiger partial charge in [0, 0.05) is 45.2 Å². The standard InChI is InChI=1S/C21H35F3N4O2/c22-21(23,24)17-26-9-5-8-25(14-15-26)16-19(29)27-12-6-18(7-13-27)20(30)28-10-3-1-2-4-11-28/h18H,1-17H2. The van der Waals surface area contributed by atoms with Crippen molar-refractivity contribution in [2.24, 2.45) is 5.92 Å². The molecule has 0 radical (unpaired) electrons. The zero-order chi connectivity index (χ0) is 21.6. The molecule has 172 valence electrons.